The molecule has 148 valence electrons. The van der Waals surface area contributed by atoms with Crippen molar-refractivity contribution in [3.05, 3.63) is 78.4 Å². The number of hydrogen-bond acceptors (Lipinski definition) is 5. The maximum Gasteiger partial charge on any atom is 0.238 e. The lowest BCUT2D eigenvalue weighted by molar-refractivity contribution is -0.115. The Morgan fingerprint density at radius 3 is 2.34 bits per heavy atom. The van der Waals surface area contributed by atoms with Gasteiger partial charge in [-0.15, -0.1) is 11.8 Å². The number of anilines is 1. The molecule has 1 aliphatic heterocycles. The largest absolute Gasteiger partial charge is 0.493 e. The van der Waals surface area contributed by atoms with Gasteiger partial charge in [0.25, 0.3) is 0 Å². The topological polar surface area (TPSA) is 48.0 Å². The number of methoxy groups -OCH3 is 2. The number of para-hydroxylation sites is 3. The first kappa shape index (κ1) is 19.2. The molecular weight excluding hydrogens is 386 g/mol. The molecule has 5 nitrogen and oxygen atoms in total. The molecule has 1 heterocycles. The van der Waals surface area contributed by atoms with Gasteiger partial charge in [-0.3, -0.25) is 9.69 Å². The molecule has 3 aromatic carbocycles. The number of hydrogen-bond donors (Lipinski definition) is 0. The van der Waals surface area contributed by atoms with Crippen LogP contribution in [0.4, 0.5) is 5.69 Å². The Bertz CT molecular complexity index is 1010. The third-order valence-electron chi connectivity index (χ3n) is 4.66. The first-order valence-corrected chi connectivity index (χ1v) is 10.2. The summed E-state index contributed by atoms with van der Waals surface area (Å²) in [5, 5.41) is -0.178. The molecule has 1 unspecified atom stereocenters. The summed E-state index contributed by atoms with van der Waals surface area (Å²) in [5.74, 6) is 3.10. The smallest absolute Gasteiger partial charge is 0.238 e. The molecule has 0 aliphatic carbocycles. The SMILES string of the molecule is COc1ccc(C2SCC(=O)N2c2ccccc2Oc2ccccc2)cc1OC. The van der Waals surface area contributed by atoms with Crippen LogP contribution in [0, 0.1) is 0 Å². The van der Waals surface area contributed by atoms with Gasteiger partial charge >= 0.3 is 0 Å². The van der Waals surface area contributed by atoms with Crippen molar-refractivity contribution in [3.63, 3.8) is 0 Å². The van der Waals surface area contributed by atoms with E-state index in [1.54, 1.807) is 30.9 Å². The molecule has 3 aromatic rings. The predicted octanol–water partition coefficient (Wildman–Crippen LogP) is 5.27. The molecule has 0 bridgehead atoms. The standard InChI is InChI=1S/C23H21NO4S/c1-26-20-13-12-16(14-21(20)27-2)23-24(22(25)15-29-23)18-10-6-7-11-19(18)28-17-8-4-3-5-9-17/h3-14,23H,15H2,1-2H3. The van der Waals surface area contributed by atoms with E-state index < -0.39 is 0 Å². The summed E-state index contributed by atoms with van der Waals surface area (Å²) in [6, 6.07) is 22.9. The molecule has 1 saturated heterocycles. The highest BCUT2D eigenvalue weighted by atomic mass is 32.2. The summed E-state index contributed by atoms with van der Waals surface area (Å²) in [6.45, 7) is 0. The lowest BCUT2D eigenvalue weighted by atomic mass is 10.1. The quantitative estimate of drug-likeness (QED) is 0.557. The fraction of sp³-hybridized carbons (Fsp3) is 0.174. The van der Waals surface area contributed by atoms with Gasteiger partial charge in [0.15, 0.2) is 17.2 Å². The number of benzene rings is 3. The molecule has 1 aliphatic rings. The minimum absolute atomic E-state index is 0.0406. The van der Waals surface area contributed by atoms with Crippen molar-refractivity contribution in [2.45, 2.75) is 5.37 Å². The highest BCUT2D eigenvalue weighted by molar-refractivity contribution is 8.00. The average molecular weight is 407 g/mol. The Hall–Kier alpha value is -3.12. The van der Waals surface area contributed by atoms with E-state index in [4.69, 9.17) is 14.2 Å². The van der Waals surface area contributed by atoms with Crippen molar-refractivity contribution in [2.24, 2.45) is 0 Å². The third-order valence-corrected chi connectivity index (χ3v) is 5.87. The van der Waals surface area contributed by atoms with Crippen LogP contribution in [0.25, 0.3) is 0 Å². The van der Waals surface area contributed by atoms with Crippen molar-refractivity contribution in [2.75, 3.05) is 24.9 Å². The average Bonchev–Trinajstić information content (AvgIpc) is 3.15. The molecule has 0 radical (unpaired) electrons. The first-order valence-electron chi connectivity index (χ1n) is 9.19. The van der Waals surface area contributed by atoms with Crippen LogP contribution in [-0.4, -0.2) is 25.9 Å². The number of amides is 1. The van der Waals surface area contributed by atoms with Crippen LogP contribution in [-0.2, 0) is 4.79 Å². The molecular formula is C23H21NO4S. The number of carbonyl (C=O) groups is 1. The van der Waals surface area contributed by atoms with Gasteiger partial charge in [0.1, 0.15) is 11.1 Å². The van der Waals surface area contributed by atoms with E-state index in [1.807, 2.05) is 72.8 Å². The Balaban J connectivity index is 1.71. The summed E-state index contributed by atoms with van der Waals surface area (Å²) < 4.78 is 16.9. The van der Waals surface area contributed by atoms with E-state index in [0.29, 0.717) is 23.0 Å². The van der Waals surface area contributed by atoms with E-state index in [-0.39, 0.29) is 11.3 Å². The van der Waals surface area contributed by atoms with Crippen LogP contribution >= 0.6 is 11.8 Å². The Labute approximate surface area is 174 Å². The van der Waals surface area contributed by atoms with Gasteiger partial charge in [0.2, 0.25) is 5.91 Å². The van der Waals surface area contributed by atoms with Crippen LogP contribution in [0.1, 0.15) is 10.9 Å². The number of nitrogens with zero attached hydrogens (tertiary/aromatic N) is 1. The second kappa shape index (κ2) is 8.49. The van der Waals surface area contributed by atoms with Crippen LogP contribution < -0.4 is 19.1 Å². The maximum atomic E-state index is 12.8. The van der Waals surface area contributed by atoms with Gasteiger partial charge in [-0.2, -0.15) is 0 Å². The van der Waals surface area contributed by atoms with Crippen LogP contribution in [0.2, 0.25) is 0 Å². The predicted molar refractivity (Wildman–Crippen MR) is 115 cm³/mol. The molecule has 0 saturated carbocycles. The van der Waals surface area contributed by atoms with E-state index in [2.05, 4.69) is 0 Å². The lowest BCUT2D eigenvalue weighted by Crippen LogP contribution is -2.28. The molecule has 4 rings (SSSR count). The fourth-order valence-electron chi connectivity index (χ4n) is 3.30. The monoisotopic (exact) mass is 407 g/mol. The number of thioether (sulfide) groups is 1. The second-order valence-corrected chi connectivity index (χ2v) is 7.49. The molecule has 0 aromatic heterocycles. The van der Waals surface area contributed by atoms with E-state index in [9.17, 15) is 4.79 Å². The Morgan fingerprint density at radius 2 is 1.59 bits per heavy atom. The number of ether oxygens (including phenoxy) is 3. The van der Waals surface area contributed by atoms with E-state index in [1.165, 1.54) is 0 Å². The minimum atomic E-state index is -0.178. The molecule has 1 fully saturated rings. The summed E-state index contributed by atoms with van der Waals surface area (Å²) in [4.78, 5) is 14.6. The maximum absolute atomic E-state index is 12.8. The van der Waals surface area contributed by atoms with E-state index >= 15 is 0 Å². The number of rotatable bonds is 6. The summed E-state index contributed by atoms with van der Waals surface area (Å²) >= 11 is 1.58. The Kier molecular flexibility index (Phi) is 5.62. The highest BCUT2D eigenvalue weighted by Crippen LogP contribution is 2.46. The normalized spacial score (nSPS) is 16.0. The van der Waals surface area contributed by atoms with Gasteiger partial charge in [-0.05, 0) is 42.0 Å². The summed E-state index contributed by atoms with van der Waals surface area (Å²) in [6.07, 6.45) is 0. The summed E-state index contributed by atoms with van der Waals surface area (Å²) in [5.41, 5.74) is 1.71. The minimum Gasteiger partial charge on any atom is -0.493 e. The lowest BCUT2D eigenvalue weighted by Gasteiger charge is -2.26. The zero-order valence-corrected chi connectivity index (χ0v) is 17.0. The van der Waals surface area contributed by atoms with E-state index in [0.717, 1.165) is 17.0 Å². The number of carbonyl (C=O) groups excluding carboxylic acids is 1. The van der Waals surface area contributed by atoms with Gasteiger partial charge < -0.3 is 14.2 Å². The molecule has 0 spiro atoms. The second-order valence-electron chi connectivity index (χ2n) is 6.42. The molecule has 0 N–H and O–H groups in total. The fourth-order valence-corrected chi connectivity index (χ4v) is 4.45. The van der Waals surface area contributed by atoms with Crippen molar-refractivity contribution in [3.8, 4) is 23.0 Å². The van der Waals surface area contributed by atoms with Crippen LogP contribution in [0.15, 0.2) is 72.8 Å². The molecule has 1 atom stereocenters. The first-order chi connectivity index (χ1) is 14.2. The molecule has 6 heteroatoms. The highest BCUT2D eigenvalue weighted by Gasteiger charge is 2.36. The van der Waals surface area contributed by atoms with Crippen molar-refractivity contribution in [1.82, 2.24) is 0 Å². The third kappa shape index (κ3) is 3.89. The van der Waals surface area contributed by atoms with Crippen LogP contribution in [0.5, 0.6) is 23.0 Å². The van der Waals surface area contributed by atoms with Gasteiger partial charge in [0.05, 0.1) is 25.7 Å². The Morgan fingerprint density at radius 1 is 0.862 bits per heavy atom. The zero-order valence-electron chi connectivity index (χ0n) is 16.2. The van der Waals surface area contributed by atoms with Crippen molar-refractivity contribution >= 4 is 23.4 Å². The van der Waals surface area contributed by atoms with Gasteiger partial charge in [0, 0.05) is 0 Å². The van der Waals surface area contributed by atoms with Crippen molar-refractivity contribution in [1.29, 1.82) is 0 Å². The zero-order chi connectivity index (χ0) is 20.2. The van der Waals surface area contributed by atoms with Gasteiger partial charge in [-0.25, -0.2) is 0 Å². The van der Waals surface area contributed by atoms with Crippen LogP contribution in [0.3, 0.4) is 0 Å². The molecule has 1 amide bonds. The van der Waals surface area contributed by atoms with Gasteiger partial charge in [-0.1, -0.05) is 36.4 Å². The summed E-state index contributed by atoms with van der Waals surface area (Å²) in [7, 11) is 3.21. The van der Waals surface area contributed by atoms with Crippen molar-refractivity contribution < 1.29 is 19.0 Å². The molecule has 29 heavy (non-hydrogen) atoms.